The average Bonchev–Trinajstić information content (AvgIpc) is 3.34. The predicted molar refractivity (Wildman–Crippen MR) is 121 cm³/mol. The van der Waals surface area contributed by atoms with Crippen molar-refractivity contribution in [1.29, 1.82) is 0 Å². The molecule has 0 radical (unpaired) electrons. The lowest BCUT2D eigenvalue weighted by Crippen LogP contribution is -2.24. The summed E-state index contributed by atoms with van der Waals surface area (Å²) in [6, 6.07) is 17.2. The van der Waals surface area contributed by atoms with Crippen LogP contribution in [-0.4, -0.2) is 28.9 Å². The molecule has 0 fully saturated rings. The maximum atomic E-state index is 12.8. The number of benzene rings is 2. The Balaban J connectivity index is 1.49. The van der Waals surface area contributed by atoms with Crippen LogP contribution in [0.2, 0.25) is 0 Å². The van der Waals surface area contributed by atoms with Crippen molar-refractivity contribution in [3.05, 3.63) is 102 Å². The van der Waals surface area contributed by atoms with Gasteiger partial charge in [0.15, 0.2) is 0 Å². The second-order valence-corrected chi connectivity index (χ2v) is 8.88. The van der Waals surface area contributed by atoms with Crippen molar-refractivity contribution >= 4 is 21.6 Å². The summed E-state index contributed by atoms with van der Waals surface area (Å²) in [5.41, 5.74) is 2.26. The smallest absolute Gasteiger partial charge is 0.256 e. The molecule has 0 saturated carbocycles. The largest absolute Gasteiger partial charge is 0.321 e. The minimum Gasteiger partial charge on any atom is -0.321 e. The van der Waals surface area contributed by atoms with E-state index in [4.69, 9.17) is 0 Å². The lowest BCUT2D eigenvalue weighted by molar-refractivity contribution is 0.102. The molecule has 8 nitrogen and oxygen atoms in total. The molecule has 4 rings (SSSR count). The minimum absolute atomic E-state index is 0.0257. The molecular weight excluding hydrogens is 426 g/mol. The van der Waals surface area contributed by atoms with Crippen LogP contribution in [0.5, 0.6) is 0 Å². The van der Waals surface area contributed by atoms with Crippen LogP contribution in [-0.2, 0) is 16.6 Å². The number of aromatic nitrogens is 3. The van der Waals surface area contributed by atoms with Gasteiger partial charge in [0.25, 0.3) is 5.91 Å². The number of imidazole rings is 1. The van der Waals surface area contributed by atoms with Gasteiger partial charge in [-0.1, -0.05) is 36.4 Å². The number of nitrogens with zero attached hydrogens (tertiary/aromatic N) is 3. The van der Waals surface area contributed by atoms with Gasteiger partial charge in [0.2, 0.25) is 10.0 Å². The monoisotopic (exact) mass is 447 g/mol. The molecule has 2 heterocycles. The fraction of sp³-hybridized carbons (Fsp3) is 0.0870. The molecule has 2 N–H and O–H groups in total. The van der Waals surface area contributed by atoms with Crippen molar-refractivity contribution in [2.45, 2.75) is 18.4 Å². The number of nitrogens with one attached hydrogen (secondary N) is 2. The van der Waals surface area contributed by atoms with Crippen LogP contribution < -0.4 is 10.0 Å². The van der Waals surface area contributed by atoms with Gasteiger partial charge in [-0.05, 0) is 42.3 Å². The van der Waals surface area contributed by atoms with Gasteiger partial charge in [0.05, 0.1) is 16.8 Å². The van der Waals surface area contributed by atoms with E-state index >= 15 is 0 Å². The van der Waals surface area contributed by atoms with Gasteiger partial charge in [0.1, 0.15) is 12.1 Å². The number of amides is 1. The molecule has 2 aromatic carbocycles. The molecule has 0 bridgehead atoms. The molecular formula is C23H21N5O3S. The maximum Gasteiger partial charge on any atom is 0.256 e. The number of rotatable bonds is 7. The van der Waals surface area contributed by atoms with Gasteiger partial charge >= 0.3 is 0 Å². The van der Waals surface area contributed by atoms with E-state index in [1.807, 2.05) is 30.3 Å². The Kier molecular flexibility index (Phi) is 6.11. The molecule has 0 atom stereocenters. The van der Waals surface area contributed by atoms with Gasteiger partial charge in [-0.15, -0.1) is 0 Å². The Morgan fingerprint density at radius 3 is 2.56 bits per heavy atom. The fourth-order valence-corrected chi connectivity index (χ4v) is 4.12. The quantitative estimate of drug-likeness (QED) is 0.452. The summed E-state index contributed by atoms with van der Waals surface area (Å²) in [6.45, 7) is 1.91. The zero-order valence-electron chi connectivity index (χ0n) is 17.3. The number of aryl methyl sites for hydroxylation is 1. The third-order valence-corrected chi connectivity index (χ3v) is 6.25. The van der Waals surface area contributed by atoms with Crippen LogP contribution in [0.3, 0.4) is 0 Å². The van der Waals surface area contributed by atoms with E-state index in [1.165, 1.54) is 18.3 Å². The highest BCUT2D eigenvalue weighted by molar-refractivity contribution is 7.89. The molecule has 32 heavy (non-hydrogen) atoms. The molecule has 0 aliphatic heterocycles. The van der Waals surface area contributed by atoms with Crippen molar-refractivity contribution in [3.8, 4) is 5.82 Å². The standard InChI is InChI=1S/C23H21N5O3S/c1-17-7-9-20(32(30,31)26-14-18-5-3-2-4-6-18)13-21(17)23(29)27-19-8-10-22(25-15-19)28-12-11-24-16-28/h2-13,15-16,26H,14H2,1H3,(H,27,29). The minimum atomic E-state index is -3.79. The third kappa shape index (κ3) is 4.90. The second-order valence-electron chi connectivity index (χ2n) is 7.12. The topological polar surface area (TPSA) is 106 Å². The highest BCUT2D eigenvalue weighted by atomic mass is 32.2. The van der Waals surface area contributed by atoms with Crippen molar-refractivity contribution in [2.24, 2.45) is 0 Å². The molecule has 0 saturated heterocycles. The normalized spacial score (nSPS) is 11.3. The highest BCUT2D eigenvalue weighted by Gasteiger charge is 2.18. The summed E-state index contributed by atoms with van der Waals surface area (Å²) in [5, 5.41) is 2.77. The predicted octanol–water partition coefficient (Wildman–Crippen LogP) is 3.31. The Bertz CT molecular complexity index is 1320. The summed E-state index contributed by atoms with van der Waals surface area (Å²) in [5.74, 6) is 0.244. The lowest BCUT2D eigenvalue weighted by Gasteiger charge is -2.11. The molecule has 9 heteroatoms. The van der Waals surface area contributed by atoms with E-state index in [2.05, 4.69) is 20.0 Å². The van der Waals surface area contributed by atoms with E-state index in [0.717, 1.165) is 5.56 Å². The average molecular weight is 448 g/mol. The first-order chi connectivity index (χ1) is 15.4. The van der Waals surface area contributed by atoms with E-state index < -0.39 is 15.9 Å². The Hall–Kier alpha value is -3.82. The van der Waals surface area contributed by atoms with Crippen molar-refractivity contribution < 1.29 is 13.2 Å². The molecule has 0 spiro atoms. The first-order valence-electron chi connectivity index (χ1n) is 9.82. The van der Waals surface area contributed by atoms with Crippen molar-refractivity contribution in [1.82, 2.24) is 19.3 Å². The van der Waals surface area contributed by atoms with E-state index in [-0.39, 0.29) is 17.0 Å². The number of hydrogen-bond donors (Lipinski definition) is 2. The molecule has 1 amide bonds. The number of hydrogen-bond acceptors (Lipinski definition) is 5. The van der Waals surface area contributed by atoms with Gasteiger partial charge in [-0.2, -0.15) is 0 Å². The number of anilines is 1. The molecule has 162 valence electrons. The third-order valence-electron chi connectivity index (χ3n) is 4.85. The number of carbonyl (C=O) groups is 1. The SMILES string of the molecule is Cc1ccc(S(=O)(=O)NCc2ccccc2)cc1C(=O)Nc1ccc(-n2ccnc2)nc1. The van der Waals surface area contributed by atoms with Crippen molar-refractivity contribution in [3.63, 3.8) is 0 Å². The van der Waals surface area contributed by atoms with Crippen LogP contribution in [0, 0.1) is 6.92 Å². The highest BCUT2D eigenvalue weighted by Crippen LogP contribution is 2.18. The van der Waals surface area contributed by atoms with Crippen LogP contribution in [0.25, 0.3) is 5.82 Å². The molecule has 4 aromatic rings. The van der Waals surface area contributed by atoms with Gasteiger partial charge < -0.3 is 5.32 Å². The van der Waals surface area contributed by atoms with Gasteiger partial charge in [0, 0.05) is 24.5 Å². The second kappa shape index (κ2) is 9.13. The van der Waals surface area contributed by atoms with Crippen LogP contribution in [0.4, 0.5) is 5.69 Å². The van der Waals surface area contributed by atoms with E-state index in [1.54, 1.807) is 48.4 Å². The summed E-state index contributed by atoms with van der Waals surface area (Å²) in [4.78, 5) is 21.1. The summed E-state index contributed by atoms with van der Waals surface area (Å²) >= 11 is 0. The van der Waals surface area contributed by atoms with Gasteiger partial charge in [-0.3, -0.25) is 9.36 Å². The zero-order valence-corrected chi connectivity index (χ0v) is 18.1. The van der Waals surface area contributed by atoms with Crippen LogP contribution >= 0.6 is 0 Å². The summed E-state index contributed by atoms with van der Waals surface area (Å²) in [7, 11) is -3.79. The first-order valence-corrected chi connectivity index (χ1v) is 11.3. The number of pyridine rings is 1. The number of carbonyl (C=O) groups excluding carboxylic acids is 1. The Morgan fingerprint density at radius 2 is 1.88 bits per heavy atom. The first kappa shape index (κ1) is 21.4. The molecule has 2 aromatic heterocycles. The maximum absolute atomic E-state index is 12.8. The van der Waals surface area contributed by atoms with Gasteiger partial charge in [-0.25, -0.2) is 23.1 Å². The molecule has 0 aliphatic carbocycles. The Labute approximate surface area is 186 Å². The van der Waals surface area contributed by atoms with Crippen LogP contribution in [0.15, 0.2) is 90.5 Å². The van der Waals surface area contributed by atoms with E-state index in [9.17, 15) is 13.2 Å². The van der Waals surface area contributed by atoms with E-state index in [0.29, 0.717) is 17.1 Å². The summed E-state index contributed by atoms with van der Waals surface area (Å²) < 4.78 is 29.8. The summed E-state index contributed by atoms with van der Waals surface area (Å²) in [6.07, 6.45) is 6.57. The fourth-order valence-electron chi connectivity index (χ4n) is 3.08. The van der Waals surface area contributed by atoms with Crippen LogP contribution in [0.1, 0.15) is 21.5 Å². The lowest BCUT2D eigenvalue weighted by atomic mass is 10.1. The number of sulfonamides is 1. The molecule has 0 aliphatic rings. The van der Waals surface area contributed by atoms with Crippen molar-refractivity contribution in [2.75, 3.05) is 5.32 Å². The molecule has 0 unspecified atom stereocenters. The zero-order chi connectivity index (χ0) is 22.6. The Morgan fingerprint density at radius 1 is 1.06 bits per heavy atom.